The standard InChI is InChI=1S/C9H16N2O2S/c1-8-7-14-9(13)11(8)4-3-10(2)5-6-12/h7,12H,3-6H2,1-2H3. The van der Waals surface area contributed by atoms with Gasteiger partial charge in [-0.1, -0.05) is 11.3 Å². The largest absolute Gasteiger partial charge is 0.395 e. The fraction of sp³-hybridized carbons (Fsp3) is 0.667. The van der Waals surface area contributed by atoms with E-state index in [1.165, 1.54) is 11.3 Å². The summed E-state index contributed by atoms with van der Waals surface area (Å²) in [6.07, 6.45) is 0. The van der Waals surface area contributed by atoms with Gasteiger partial charge in [0.2, 0.25) is 0 Å². The molecule has 5 heteroatoms. The third-order valence-electron chi connectivity index (χ3n) is 2.16. The molecule has 0 bridgehead atoms. The molecule has 80 valence electrons. The van der Waals surface area contributed by atoms with Gasteiger partial charge in [0.15, 0.2) is 0 Å². The molecule has 1 aromatic rings. The zero-order chi connectivity index (χ0) is 10.6. The summed E-state index contributed by atoms with van der Waals surface area (Å²) in [4.78, 5) is 13.4. The van der Waals surface area contributed by atoms with E-state index in [0.29, 0.717) is 13.1 Å². The van der Waals surface area contributed by atoms with Crippen molar-refractivity contribution in [3.05, 3.63) is 20.7 Å². The second-order valence-corrected chi connectivity index (χ2v) is 4.14. The Morgan fingerprint density at radius 2 is 2.29 bits per heavy atom. The lowest BCUT2D eigenvalue weighted by Crippen LogP contribution is -2.28. The smallest absolute Gasteiger partial charge is 0.307 e. The number of thiazole rings is 1. The Hall–Kier alpha value is -0.650. The average molecular weight is 216 g/mol. The summed E-state index contributed by atoms with van der Waals surface area (Å²) in [5.74, 6) is 0. The molecule has 1 heterocycles. The number of aromatic nitrogens is 1. The van der Waals surface area contributed by atoms with Crippen molar-refractivity contribution >= 4 is 11.3 Å². The van der Waals surface area contributed by atoms with Crippen LogP contribution >= 0.6 is 11.3 Å². The van der Waals surface area contributed by atoms with Crippen LogP contribution in [0.15, 0.2) is 10.2 Å². The van der Waals surface area contributed by atoms with Crippen LogP contribution < -0.4 is 4.87 Å². The van der Waals surface area contributed by atoms with Crippen LogP contribution in [0.3, 0.4) is 0 Å². The molecule has 1 N–H and O–H groups in total. The SMILES string of the molecule is Cc1csc(=O)n1CCN(C)CCO. The minimum atomic E-state index is 0.0971. The quantitative estimate of drug-likeness (QED) is 0.761. The van der Waals surface area contributed by atoms with E-state index in [4.69, 9.17) is 5.11 Å². The van der Waals surface area contributed by atoms with Gasteiger partial charge >= 0.3 is 4.87 Å². The summed E-state index contributed by atoms with van der Waals surface area (Å²) in [5.41, 5.74) is 1.01. The molecule has 0 unspecified atom stereocenters. The van der Waals surface area contributed by atoms with Crippen molar-refractivity contribution in [3.8, 4) is 0 Å². The monoisotopic (exact) mass is 216 g/mol. The molecule has 1 aromatic heterocycles. The third-order valence-corrected chi connectivity index (χ3v) is 3.04. The van der Waals surface area contributed by atoms with Gasteiger partial charge in [-0.15, -0.1) is 0 Å². The Kier molecular flexibility index (Phi) is 4.31. The van der Waals surface area contributed by atoms with Crippen LogP contribution in [0.4, 0.5) is 0 Å². The Morgan fingerprint density at radius 1 is 1.57 bits per heavy atom. The average Bonchev–Trinajstić information content (AvgIpc) is 2.44. The van der Waals surface area contributed by atoms with Gasteiger partial charge in [-0.05, 0) is 14.0 Å². The van der Waals surface area contributed by atoms with E-state index >= 15 is 0 Å². The summed E-state index contributed by atoms with van der Waals surface area (Å²) in [7, 11) is 1.93. The first kappa shape index (κ1) is 11.4. The van der Waals surface area contributed by atoms with Crippen LogP contribution in [0.25, 0.3) is 0 Å². The Balaban J connectivity index is 2.49. The van der Waals surface area contributed by atoms with Crippen molar-refractivity contribution in [1.29, 1.82) is 0 Å². The molecule has 1 rings (SSSR count). The molecule has 14 heavy (non-hydrogen) atoms. The Labute approximate surface area is 87.4 Å². The molecule has 0 saturated carbocycles. The van der Waals surface area contributed by atoms with E-state index in [-0.39, 0.29) is 11.5 Å². The highest BCUT2D eigenvalue weighted by Gasteiger charge is 2.03. The summed E-state index contributed by atoms with van der Waals surface area (Å²) in [6.45, 7) is 4.23. The molecular weight excluding hydrogens is 200 g/mol. The predicted molar refractivity (Wildman–Crippen MR) is 57.9 cm³/mol. The van der Waals surface area contributed by atoms with Gasteiger partial charge in [0.05, 0.1) is 6.61 Å². The normalized spacial score (nSPS) is 11.1. The van der Waals surface area contributed by atoms with Crippen molar-refractivity contribution in [2.75, 3.05) is 26.7 Å². The molecule has 0 aliphatic heterocycles. The van der Waals surface area contributed by atoms with Crippen molar-refractivity contribution in [2.24, 2.45) is 0 Å². The molecule has 0 spiro atoms. The first-order valence-corrected chi connectivity index (χ1v) is 5.47. The fourth-order valence-corrected chi connectivity index (χ4v) is 1.99. The molecule has 0 aromatic carbocycles. The summed E-state index contributed by atoms with van der Waals surface area (Å²) < 4.78 is 1.76. The lowest BCUT2D eigenvalue weighted by atomic mass is 10.4. The lowest BCUT2D eigenvalue weighted by molar-refractivity contribution is 0.217. The molecule has 4 nitrogen and oxygen atoms in total. The fourth-order valence-electron chi connectivity index (χ4n) is 1.23. The van der Waals surface area contributed by atoms with Gasteiger partial charge in [0, 0.05) is 30.7 Å². The van der Waals surface area contributed by atoms with Crippen molar-refractivity contribution in [1.82, 2.24) is 9.47 Å². The molecule has 0 radical (unpaired) electrons. The minimum Gasteiger partial charge on any atom is -0.395 e. The molecular formula is C9H16N2O2S. The van der Waals surface area contributed by atoms with Gasteiger partial charge in [-0.3, -0.25) is 4.79 Å². The van der Waals surface area contributed by atoms with E-state index in [2.05, 4.69) is 0 Å². The van der Waals surface area contributed by atoms with Crippen LogP contribution in [0.1, 0.15) is 5.69 Å². The third kappa shape index (κ3) is 2.94. The van der Waals surface area contributed by atoms with E-state index in [9.17, 15) is 4.79 Å². The molecule has 0 atom stereocenters. The highest BCUT2D eigenvalue weighted by Crippen LogP contribution is 1.99. The maximum absolute atomic E-state index is 11.3. The van der Waals surface area contributed by atoms with E-state index in [1.807, 2.05) is 24.3 Å². The van der Waals surface area contributed by atoms with Crippen molar-refractivity contribution in [3.63, 3.8) is 0 Å². The van der Waals surface area contributed by atoms with Gasteiger partial charge < -0.3 is 14.6 Å². The first-order chi connectivity index (χ1) is 6.65. The number of hydrogen-bond donors (Lipinski definition) is 1. The predicted octanol–water partition coefficient (Wildman–Crippen LogP) is 0.142. The van der Waals surface area contributed by atoms with E-state index in [1.54, 1.807) is 4.57 Å². The number of likely N-dealkylation sites (N-methyl/N-ethyl adjacent to an activating group) is 1. The van der Waals surface area contributed by atoms with Crippen molar-refractivity contribution in [2.45, 2.75) is 13.5 Å². The zero-order valence-electron chi connectivity index (χ0n) is 8.56. The number of nitrogens with zero attached hydrogens (tertiary/aromatic N) is 2. The van der Waals surface area contributed by atoms with E-state index < -0.39 is 0 Å². The molecule has 0 aliphatic carbocycles. The van der Waals surface area contributed by atoms with Crippen LogP contribution in [0, 0.1) is 6.92 Å². The summed E-state index contributed by atoms with van der Waals surface area (Å²) >= 11 is 1.24. The minimum absolute atomic E-state index is 0.0971. The van der Waals surface area contributed by atoms with Gasteiger partial charge in [0.1, 0.15) is 0 Å². The molecule has 0 saturated heterocycles. The number of aliphatic hydroxyl groups is 1. The maximum Gasteiger partial charge on any atom is 0.307 e. The lowest BCUT2D eigenvalue weighted by Gasteiger charge is -2.15. The van der Waals surface area contributed by atoms with Gasteiger partial charge in [0.25, 0.3) is 0 Å². The van der Waals surface area contributed by atoms with Crippen LogP contribution in [0.2, 0.25) is 0 Å². The first-order valence-electron chi connectivity index (χ1n) is 4.59. The number of hydrogen-bond acceptors (Lipinski definition) is 4. The maximum atomic E-state index is 11.3. The highest BCUT2D eigenvalue weighted by atomic mass is 32.1. The van der Waals surface area contributed by atoms with Gasteiger partial charge in [-0.25, -0.2) is 0 Å². The molecule has 0 aliphatic rings. The van der Waals surface area contributed by atoms with Crippen molar-refractivity contribution < 1.29 is 5.11 Å². The topological polar surface area (TPSA) is 45.5 Å². The highest BCUT2D eigenvalue weighted by molar-refractivity contribution is 7.07. The number of aryl methyl sites for hydroxylation is 1. The molecule has 0 fully saturated rings. The van der Waals surface area contributed by atoms with Crippen LogP contribution in [-0.4, -0.2) is 41.3 Å². The second-order valence-electron chi connectivity index (χ2n) is 3.32. The Morgan fingerprint density at radius 3 is 2.79 bits per heavy atom. The summed E-state index contributed by atoms with van der Waals surface area (Å²) in [6, 6.07) is 0. The van der Waals surface area contributed by atoms with E-state index in [0.717, 1.165) is 12.2 Å². The second kappa shape index (κ2) is 5.29. The summed E-state index contributed by atoms with van der Waals surface area (Å²) in [5, 5.41) is 10.6. The number of aliphatic hydroxyl groups excluding tert-OH is 1. The van der Waals surface area contributed by atoms with Crippen LogP contribution in [-0.2, 0) is 6.54 Å². The number of rotatable bonds is 5. The molecule has 0 amide bonds. The Bertz CT molecular complexity index is 332. The van der Waals surface area contributed by atoms with Gasteiger partial charge in [-0.2, -0.15) is 0 Å². The van der Waals surface area contributed by atoms with Crippen LogP contribution in [0.5, 0.6) is 0 Å². The zero-order valence-corrected chi connectivity index (χ0v) is 9.38.